The monoisotopic (exact) mass is 302 g/mol. The predicted octanol–water partition coefficient (Wildman–Crippen LogP) is 3.81. The fourth-order valence-electron chi connectivity index (χ4n) is 1.49. The van der Waals surface area contributed by atoms with Gasteiger partial charge in [0.2, 0.25) is 0 Å². The molecule has 2 atom stereocenters. The van der Waals surface area contributed by atoms with E-state index in [0.717, 1.165) is 16.7 Å². The summed E-state index contributed by atoms with van der Waals surface area (Å²) in [5.74, 6) is 1.14. The van der Waals surface area contributed by atoms with Crippen LogP contribution in [0.4, 0.5) is 0 Å². The zero-order chi connectivity index (χ0) is 11.7. The largest absolute Gasteiger partial charge is 0.237 e. The Morgan fingerprint density at radius 3 is 3.00 bits per heavy atom. The van der Waals surface area contributed by atoms with Gasteiger partial charge in [-0.1, -0.05) is 29.8 Å². The molecule has 2 heterocycles. The maximum atomic E-state index is 6.15. The molecule has 0 aliphatic carbocycles. The molecule has 0 aromatic rings. The lowest BCUT2D eigenvalue weighted by atomic mass is 10.1. The topological polar surface area (TPSA) is 40.3 Å². The second-order valence-electron chi connectivity index (χ2n) is 3.86. The van der Waals surface area contributed by atoms with Crippen LogP contribution in [-0.4, -0.2) is 17.0 Å². The minimum atomic E-state index is -0.161. The first kappa shape index (κ1) is 11.8. The molecule has 0 saturated carbocycles. The van der Waals surface area contributed by atoms with Crippen LogP contribution in [-0.2, 0) is 0 Å². The summed E-state index contributed by atoms with van der Waals surface area (Å²) < 4.78 is 0.914. The molecule has 6 heteroatoms. The molecular weight excluding hydrogens is 291 g/mol. The van der Waals surface area contributed by atoms with Gasteiger partial charge in [-0.15, -0.1) is 5.11 Å². The molecular formula is C10H12BrClN4. The van der Waals surface area contributed by atoms with Gasteiger partial charge in [0.05, 0.1) is 4.48 Å². The molecule has 4 nitrogen and oxygen atoms in total. The summed E-state index contributed by atoms with van der Waals surface area (Å²) >= 11 is 9.66. The number of hydrogen-bond acceptors (Lipinski definition) is 4. The van der Waals surface area contributed by atoms with Gasteiger partial charge in [0, 0.05) is 0 Å². The van der Waals surface area contributed by atoms with E-state index in [1.165, 1.54) is 0 Å². The molecule has 0 amide bonds. The molecule has 0 fully saturated rings. The third-order valence-corrected chi connectivity index (χ3v) is 3.26. The van der Waals surface area contributed by atoms with E-state index in [4.69, 9.17) is 11.6 Å². The van der Waals surface area contributed by atoms with Crippen molar-refractivity contribution in [2.75, 3.05) is 0 Å². The van der Waals surface area contributed by atoms with E-state index in [1.54, 1.807) is 5.01 Å². The van der Waals surface area contributed by atoms with Gasteiger partial charge in [-0.3, -0.25) is 0 Å². The van der Waals surface area contributed by atoms with Crippen LogP contribution in [0.15, 0.2) is 37.1 Å². The number of fused-ring (bicyclic) bond motifs is 1. The van der Waals surface area contributed by atoms with E-state index in [9.17, 15) is 0 Å². The number of rotatable bonds is 0. The van der Waals surface area contributed by atoms with Crippen molar-refractivity contribution in [2.24, 2.45) is 21.2 Å². The minimum Gasteiger partial charge on any atom is -0.237 e. The normalized spacial score (nSPS) is 29.8. The Kier molecular flexibility index (Phi) is 3.44. The van der Waals surface area contributed by atoms with Crippen molar-refractivity contribution in [1.29, 1.82) is 0 Å². The SMILES string of the molecule is CC1C=C(Br)C2=NC(C)N=NN2C(Cl)=CC1. The second kappa shape index (κ2) is 4.67. The molecule has 0 spiro atoms. The van der Waals surface area contributed by atoms with Gasteiger partial charge in [0.25, 0.3) is 0 Å². The Morgan fingerprint density at radius 2 is 2.25 bits per heavy atom. The standard InChI is InChI=1S/C10H12BrClN4/c1-6-3-4-9(12)16-10(8(11)5-6)13-7(2)14-15-16/h4-7H,3H2,1-2H3. The molecule has 86 valence electrons. The summed E-state index contributed by atoms with van der Waals surface area (Å²) in [6.07, 6.45) is 4.76. The van der Waals surface area contributed by atoms with Crippen LogP contribution in [0.25, 0.3) is 0 Å². The van der Waals surface area contributed by atoms with E-state index in [0.29, 0.717) is 11.1 Å². The fraction of sp³-hybridized carbons (Fsp3) is 0.500. The number of halogens is 2. The quantitative estimate of drug-likeness (QED) is 0.627. The Morgan fingerprint density at radius 1 is 1.50 bits per heavy atom. The number of amidine groups is 1. The van der Waals surface area contributed by atoms with Crippen LogP contribution >= 0.6 is 27.5 Å². The maximum Gasteiger partial charge on any atom is 0.168 e. The lowest BCUT2D eigenvalue weighted by Gasteiger charge is -2.25. The van der Waals surface area contributed by atoms with Crippen LogP contribution in [0.2, 0.25) is 0 Å². The Labute approximate surface area is 108 Å². The van der Waals surface area contributed by atoms with Crippen LogP contribution in [0, 0.1) is 5.92 Å². The average Bonchev–Trinajstić information content (AvgIpc) is 2.24. The minimum absolute atomic E-state index is 0.161. The number of allylic oxidation sites excluding steroid dienone is 2. The van der Waals surface area contributed by atoms with Crippen molar-refractivity contribution in [3.63, 3.8) is 0 Å². The fourth-order valence-corrected chi connectivity index (χ4v) is 2.42. The number of hydrogen-bond donors (Lipinski definition) is 0. The van der Waals surface area contributed by atoms with Gasteiger partial charge in [-0.05, 0) is 41.3 Å². The molecule has 16 heavy (non-hydrogen) atoms. The third kappa shape index (κ3) is 2.35. The van der Waals surface area contributed by atoms with Gasteiger partial charge < -0.3 is 0 Å². The molecule has 2 aliphatic heterocycles. The summed E-state index contributed by atoms with van der Waals surface area (Å²) in [4.78, 5) is 4.41. The summed E-state index contributed by atoms with van der Waals surface area (Å²) in [7, 11) is 0. The highest BCUT2D eigenvalue weighted by atomic mass is 79.9. The van der Waals surface area contributed by atoms with Crippen molar-refractivity contribution in [2.45, 2.75) is 26.4 Å². The van der Waals surface area contributed by atoms with E-state index < -0.39 is 0 Å². The Balaban J connectivity index is 2.42. The van der Waals surface area contributed by atoms with Gasteiger partial charge in [-0.25, -0.2) is 4.99 Å². The summed E-state index contributed by atoms with van der Waals surface area (Å²) in [6, 6.07) is 0. The zero-order valence-electron chi connectivity index (χ0n) is 9.06. The van der Waals surface area contributed by atoms with Crippen LogP contribution < -0.4 is 0 Å². The average molecular weight is 304 g/mol. The van der Waals surface area contributed by atoms with Gasteiger partial charge in [-0.2, -0.15) is 5.01 Å². The lowest BCUT2D eigenvalue weighted by molar-refractivity contribution is 0.469. The summed E-state index contributed by atoms with van der Waals surface area (Å²) in [5.41, 5.74) is 0. The highest BCUT2D eigenvalue weighted by molar-refractivity contribution is 9.12. The third-order valence-electron chi connectivity index (χ3n) is 2.32. The zero-order valence-corrected chi connectivity index (χ0v) is 11.4. The number of aliphatic imine (C=N–C) groups is 1. The van der Waals surface area contributed by atoms with E-state index in [2.05, 4.69) is 44.3 Å². The highest BCUT2D eigenvalue weighted by Gasteiger charge is 2.24. The Bertz CT molecular complexity index is 413. The van der Waals surface area contributed by atoms with Gasteiger partial charge in [0.15, 0.2) is 12.0 Å². The van der Waals surface area contributed by atoms with Gasteiger partial charge >= 0.3 is 0 Å². The van der Waals surface area contributed by atoms with Crippen molar-refractivity contribution >= 4 is 33.4 Å². The molecule has 0 aromatic heterocycles. The first-order valence-corrected chi connectivity index (χ1v) is 6.27. The van der Waals surface area contributed by atoms with Crippen molar-refractivity contribution < 1.29 is 0 Å². The number of nitrogens with zero attached hydrogens (tertiary/aromatic N) is 4. The molecule has 0 radical (unpaired) electrons. The molecule has 0 bridgehead atoms. The molecule has 2 aliphatic rings. The van der Waals surface area contributed by atoms with Gasteiger partial charge in [0.1, 0.15) is 5.16 Å². The van der Waals surface area contributed by atoms with Crippen LogP contribution in [0.1, 0.15) is 20.3 Å². The molecule has 0 saturated heterocycles. The molecule has 0 N–H and O–H groups in total. The predicted molar refractivity (Wildman–Crippen MR) is 68.3 cm³/mol. The van der Waals surface area contributed by atoms with E-state index >= 15 is 0 Å². The van der Waals surface area contributed by atoms with Crippen molar-refractivity contribution in [1.82, 2.24) is 5.01 Å². The Hall–Kier alpha value is -0.680. The first-order chi connectivity index (χ1) is 7.58. The highest BCUT2D eigenvalue weighted by Crippen LogP contribution is 2.28. The van der Waals surface area contributed by atoms with Crippen LogP contribution in [0.5, 0.6) is 0 Å². The lowest BCUT2D eigenvalue weighted by Crippen LogP contribution is -2.28. The summed E-state index contributed by atoms with van der Waals surface area (Å²) in [6.45, 7) is 4.01. The molecule has 0 aromatic carbocycles. The van der Waals surface area contributed by atoms with E-state index in [1.807, 2.05) is 13.0 Å². The van der Waals surface area contributed by atoms with E-state index in [-0.39, 0.29) is 6.17 Å². The van der Waals surface area contributed by atoms with Crippen LogP contribution in [0.3, 0.4) is 0 Å². The smallest absolute Gasteiger partial charge is 0.168 e. The molecule has 2 unspecified atom stereocenters. The van der Waals surface area contributed by atoms with Crippen molar-refractivity contribution in [3.8, 4) is 0 Å². The summed E-state index contributed by atoms with van der Waals surface area (Å²) in [5, 5.41) is 10.1. The maximum absolute atomic E-state index is 6.15. The van der Waals surface area contributed by atoms with Crippen molar-refractivity contribution in [3.05, 3.63) is 21.8 Å². The molecule has 2 rings (SSSR count). The first-order valence-electron chi connectivity index (χ1n) is 5.10. The second-order valence-corrected chi connectivity index (χ2v) is 5.10.